The number of hydrogen-bond acceptors (Lipinski definition) is 3. The van der Waals surface area contributed by atoms with Crippen molar-refractivity contribution in [2.24, 2.45) is 4.99 Å². The Morgan fingerprint density at radius 2 is 1.62 bits per heavy atom. The molecule has 1 aromatic heterocycles. The van der Waals surface area contributed by atoms with Crippen molar-refractivity contribution in [3.05, 3.63) is 99.1 Å². The zero-order valence-corrected chi connectivity index (χ0v) is 16.9. The number of aromatic nitrogens is 2. The van der Waals surface area contributed by atoms with Crippen LogP contribution in [0.3, 0.4) is 0 Å². The number of nitrogens with zero attached hydrogens (tertiary/aromatic N) is 3. The predicted molar refractivity (Wildman–Crippen MR) is 118 cm³/mol. The Kier molecular flexibility index (Phi) is 4.81. The number of hydrogen-bond donors (Lipinski definition) is 0. The minimum absolute atomic E-state index is 0.820. The third-order valence-electron chi connectivity index (χ3n) is 5.85. The minimum Gasteiger partial charge on any atom is -0.288 e. The molecule has 0 saturated carbocycles. The van der Waals surface area contributed by atoms with Crippen LogP contribution in [0.2, 0.25) is 0 Å². The van der Waals surface area contributed by atoms with Gasteiger partial charge in [-0.25, -0.2) is 9.97 Å². The number of fused-ring (bicyclic) bond motifs is 2. The van der Waals surface area contributed by atoms with E-state index in [1.54, 1.807) is 0 Å². The molecule has 0 amide bonds. The van der Waals surface area contributed by atoms with Crippen LogP contribution in [0, 0.1) is 0 Å². The SMILES string of the molecule is CC1=Cc2cc(CCc3ccnc(CCc4ccc5c(c4)C=NC5)n3)ccc2C1. The summed E-state index contributed by atoms with van der Waals surface area (Å²) in [6, 6.07) is 15.6. The first-order chi connectivity index (χ1) is 14.2. The van der Waals surface area contributed by atoms with Gasteiger partial charge in [-0.3, -0.25) is 4.99 Å². The van der Waals surface area contributed by atoms with Gasteiger partial charge in [0.2, 0.25) is 0 Å². The van der Waals surface area contributed by atoms with E-state index in [1.807, 2.05) is 18.5 Å². The largest absolute Gasteiger partial charge is 0.288 e. The number of aryl methyl sites for hydroxylation is 4. The van der Waals surface area contributed by atoms with Crippen molar-refractivity contribution in [1.29, 1.82) is 0 Å². The molecule has 5 rings (SSSR count). The molecule has 0 fully saturated rings. The molecular weight excluding hydrogens is 354 g/mol. The van der Waals surface area contributed by atoms with Crippen LogP contribution in [-0.2, 0) is 38.6 Å². The van der Waals surface area contributed by atoms with Crippen molar-refractivity contribution in [2.75, 3.05) is 0 Å². The number of aliphatic imine (C=N–C) groups is 1. The molecule has 0 N–H and O–H groups in total. The Hall–Kier alpha value is -3.07. The summed E-state index contributed by atoms with van der Waals surface area (Å²) in [4.78, 5) is 13.6. The molecule has 0 atom stereocenters. The average Bonchev–Trinajstić information content (AvgIpc) is 3.35. The maximum Gasteiger partial charge on any atom is 0.128 e. The molecule has 2 aromatic carbocycles. The van der Waals surface area contributed by atoms with E-state index in [9.17, 15) is 0 Å². The van der Waals surface area contributed by atoms with Crippen molar-refractivity contribution < 1.29 is 0 Å². The summed E-state index contributed by atoms with van der Waals surface area (Å²) in [6.07, 6.45) is 11.1. The Bertz CT molecular complexity index is 1120. The summed E-state index contributed by atoms with van der Waals surface area (Å²) in [5.41, 5.74) is 10.7. The van der Waals surface area contributed by atoms with E-state index in [1.165, 1.54) is 39.0 Å². The maximum absolute atomic E-state index is 4.81. The molecule has 3 heteroatoms. The lowest BCUT2D eigenvalue weighted by atomic mass is 10.0. The van der Waals surface area contributed by atoms with Gasteiger partial charge < -0.3 is 0 Å². The highest BCUT2D eigenvalue weighted by atomic mass is 14.9. The molecule has 0 bridgehead atoms. The van der Waals surface area contributed by atoms with Crippen molar-refractivity contribution in [3.8, 4) is 0 Å². The second-order valence-electron chi connectivity index (χ2n) is 8.17. The highest BCUT2D eigenvalue weighted by Crippen LogP contribution is 2.26. The number of benzene rings is 2. The van der Waals surface area contributed by atoms with E-state index in [0.29, 0.717) is 0 Å². The minimum atomic E-state index is 0.820. The molecule has 0 saturated heterocycles. The van der Waals surface area contributed by atoms with Gasteiger partial charge in [0, 0.05) is 24.5 Å². The van der Waals surface area contributed by atoms with E-state index in [0.717, 1.165) is 50.2 Å². The highest BCUT2D eigenvalue weighted by Gasteiger charge is 2.10. The Morgan fingerprint density at radius 3 is 2.52 bits per heavy atom. The topological polar surface area (TPSA) is 38.1 Å². The van der Waals surface area contributed by atoms with Gasteiger partial charge in [-0.15, -0.1) is 0 Å². The Labute approximate surface area is 172 Å². The monoisotopic (exact) mass is 379 g/mol. The first-order valence-corrected chi connectivity index (χ1v) is 10.4. The van der Waals surface area contributed by atoms with Crippen LogP contribution in [0.15, 0.2) is 59.2 Å². The van der Waals surface area contributed by atoms with E-state index in [2.05, 4.69) is 59.4 Å². The van der Waals surface area contributed by atoms with Gasteiger partial charge in [-0.1, -0.05) is 42.0 Å². The number of allylic oxidation sites excluding steroid dienone is 1. The van der Waals surface area contributed by atoms with Crippen LogP contribution in [-0.4, -0.2) is 16.2 Å². The van der Waals surface area contributed by atoms with Crippen LogP contribution < -0.4 is 0 Å². The van der Waals surface area contributed by atoms with Crippen LogP contribution >= 0.6 is 0 Å². The summed E-state index contributed by atoms with van der Waals surface area (Å²) < 4.78 is 0. The lowest BCUT2D eigenvalue weighted by Crippen LogP contribution is -2.03. The predicted octanol–water partition coefficient (Wildman–Crippen LogP) is 4.94. The smallest absolute Gasteiger partial charge is 0.128 e. The number of rotatable bonds is 6. The zero-order valence-electron chi connectivity index (χ0n) is 16.9. The van der Waals surface area contributed by atoms with Gasteiger partial charge in [0.15, 0.2) is 0 Å². The summed E-state index contributed by atoms with van der Waals surface area (Å²) in [7, 11) is 0. The highest BCUT2D eigenvalue weighted by molar-refractivity contribution is 5.84. The second kappa shape index (κ2) is 7.75. The van der Waals surface area contributed by atoms with E-state index in [-0.39, 0.29) is 0 Å². The Morgan fingerprint density at radius 1 is 0.828 bits per heavy atom. The molecule has 3 nitrogen and oxygen atoms in total. The van der Waals surface area contributed by atoms with Crippen molar-refractivity contribution >= 4 is 12.3 Å². The normalized spacial score (nSPS) is 14.0. The first-order valence-electron chi connectivity index (χ1n) is 10.4. The summed E-state index contributed by atoms with van der Waals surface area (Å²) >= 11 is 0. The third kappa shape index (κ3) is 4.04. The first kappa shape index (κ1) is 18.0. The summed E-state index contributed by atoms with van der Waals surface area (Å²) in [5.74, 6) is 0.934. The van der Waals surface area contributed by atoms with Crippen LogP contribution in [0.1, 0.15) is 51.8 Å². The average molecular weight is 380 g/mol. The molecular formula is C26H25N3. The van der Waals surface area contributed by atoms with Gasteiger partial charge in [0.1, 0.15) is 5.82 Å². The Balaban J connectivity index is 1.21. The van der Waals surface area contributed by atoms with Crippen LogP contribution in [0.5, 0.6) is 0 Å². The van der Waals surface area contributed by atoms with Crippen molar-refractivity contribution in [2.45, 2.75) is 45.6 Å². The summed E-state index contributed by atoms with van der Waals surface area (Å²) in [6.45, 7) is 3.03. The van der Waals surface area contributed by atoms with Crippen molar-refractivity contribution in [1.82, 2.24) is 9.97 Å². The molecule has 0 unspecified atom stereocenters. The fourth-order valence-corrected chi connectivity index (χ4v) is 4.25. The molecule has 1 aliphatic carbocycles. The van der Waals surface area contributed by atoms with Gasteiger partial charge in [-0.05, 0) is 78.1 Å². The van der Waals surface area contributed by atoms with Crippen LogP contribution in [0.25, 0.3) is 6.08 Å². The molecule has 1 aliphatic heterocycles. The molecule has 0 radical (unpaired) electrons. The van der Waals surface area contributed by atoms with E-state index >= 15 is 0 Å². The molecule has 3 aromatic rings. The standard InChI is InChI=1S/C26H25N3/c1-18-12-21-6-2-19(14-23(21)13-18)4-8-25-10-11-28-26(29-25)9-5-20-3-7-22-16-27-17-24(22)15-20/h2-3,6-7,10-11,13-15,17H,4-5,8-9,12,16H2,1H3. The quantitative estimate of drug-likeness (QED) is 0.608. The molecule has 2 heterocycles. The van der Waals surface area contributed by atoms with Gasteiger partial charge in [0.25, 0.3) is 0 Å². The summed E-state index contributed by atoms with van der Waals surface area (Å²) in [5, 5.41) is 0. The molecule has 29 heavy (non-hydrogen) atoms. The zero-order chi connectivity index (χ0) is 19.6. The van der Waals surface area contributed by atoms with Crippen molar-refractivity contribution in [3.63, 3.8) is 0 Å². The van der Waals surface area contributed by atoms with Gasteiger partial charge in [0.05, 0.1) is 6.54 Å². The van der Waals surface area contributed by atoms with E-state index < -0.39 is 0 Å². The fraction of sp³-hybridized carbons (Fsp3) is 0.269. The lowest BCUT2D eigenvalue weighted by molar-refractivity contribution is 0.813. The lowest BCUT2D eigenvalue weighted by Gasteiger charge is -2.07. The maximum atomic E-state index is 4.81. The molecule has 2 aliphatic rings. The molecule has 144 valence electrons. The van der Waals surface area contributed by atoms with Gasteiger partial charge >= 0.3 is 0 Å². The van der Waals surface area contributed by atoms with E-state index in [4.69, 9.17) is 4.98 Å². The van der Waals surface area contributed by atoms with Crippen LogP contribution in [0.4, 0.5) is 0 Å². The second-order valence-corrected chi connectivity index (χ2v) is 8.17. The molecule has 0 spiro atoms. The van der Waals surface area contributed by atoms with Gasteiger partial charge in [-0.2, -0.15) is 0 Å². The third-order valence-corrected chi connectivity index (χ3v) is 5.85. The fourth-order valence-electron chi connectivity index (χ4n) is 4.25.